The normalized spacial score (nSPS) is 23.2. The predicted molar refractivity (Wildman–Crippen MR) is 95.8 cm³/mol. The maximum atomic E-state index is 12.5. The molecule has 0 aromatic carbocycles. The first-order valence-electron chi connectivity index (χ1n) is 9.34. The van der Waals surface area contributed by atoms with Crippen LogP contribution >= 0.6 is 0 Å². The molecule has 0 bridgehead atoms. The third kappa shape index (κ3) is 3.14. The van der Waals surface area contributed by atoms with Crippen LogP contribution in [-0.4, -0.2) is 62.5 Å². The van der Waals surface area contributed by atoms with Crippen LogP contribution < -0.4 is 5.32 Å². The van der Waals surface area contributed by atoms with Gasteiger partial charge < -0.3 is 14.6 Å². The Bertz CT molecular complexity index is 761. The highest BCUT2D eigenvalue weighted by atomic mass is 16.5. The molecular formula is C18H26N6O2. The molecule has 140 valence electrons. The summed E-state index contributed by atoms with van der Waals surface area (Å²) < 4.78 is 9.98. The Morgan fingerprint density at radius 3 is 3.04 bits per heavy atom. The molecule has 0 saturated carbocycles. The van der Waals surface area contributed by atoms with Crippen LogP contribution in [0, 0.1) is 0 Å². The lowest BCUT2D eigenvalue weighted by Crippen LogP contribution is -2.50. The van der Waals surface area contributed by atoms with Crippen molar-refractivity contribution in [2.75, 3.05) is 26.2 Å². The van der Waals surface area contributed by atoms with E-state index in [1.165, 1.54) is 0 Å². The van der Waals surface area contributed by atoms with Crippen molar-refractivity contribution >= 4 is 5.91 Å². The zero-order valence-electron chi connectivity index (χ0n) is 15.4. The fourth-order valence-electron chi connectivity index (χ4n) is 4.00. The van der Waals surface area contributed by atoms with E-state index in [1.54, 1.807) is 6.33 Å². The van der Waals surface area contributed by atoms with Gasteiger partial charge in [0.25, 0.3) is 5.91 Å². The van der Waals surface area contributed by atoms with Crippen LogP contribution in [0.1, 0.15) is 41.3 Å². The predicted octanol–water partition coefficient (Wildman–Crippen LogP) is 0.755. The first kappa shape index (κ1) is 17.2. The molecule has 2 aliphatic heterocycles. The Balaban J connectivity index is 1.46. The van der Waals surface area contributed by atoms with Crippen molar-refractivity contribution < 1.29 is 9.53 Å². The fourth-order valence-corrected chi connectivity index (χ4v) is 4.00. The quantitative estimate of drug-likeness (QED) is 0.854. The van der Waals surface area contributed by atoms with Crippen LogP contribution in [0.2, 0.25) is 0 Å². The maximum absolute atomic E-state index is 12.5. The monoisotopic (exact) mass is 358 g/mol. The van der Waals surface area contributed by atoms with E-state index in [2.05, 4.69) is 27.2 Å². The summed E-state index contributed by atoms with van der Waals surface area (Å²) in [4.78, 5) is 19.2. The van der Waals surface area contributed by atoms with Gasteiger partial charge in [0.1, 0.15) is 5.69 Å². The highest BCUT2D eigenvalue weighted by Gasteiger charge is 2.35. The number of aryl methyl sites for hydroxylation is 3. The molecule has 0 radical (unpaired) electrons. The number of nitrogens with one attached hydrogen (secondary N) is 1. The summed E-state index contributed by atoms with van der Waals surface area (Å²) in [5.74, 6) is -0.132. The highest BCUT2D eigenvalue weighted by molar-refractivity contribution is 5.92. The third-order valence-electron chi connectivity index (χ3n) is 5.38. The molecule has 2 atom stereocenters. The summed E-state index contributed by atoms with van der Waals surface area (Å²) in [5, 5.41) is 7.43. The van der Waals surface area contributed by atoms with Gasteiger partial charge in [-0.05, 0) is 25.5 Å². The number of likely N-dealkylation sites (N-methyl/N-ethyl adjacent to an activating group) is 1. The molecule has 0 aliphatic carbocycles. The first-order valence-corrected chi connectivity index (χ1v) is 9.34. The number of imidazole rings is 1. The molecule has 4 rings (SSSR count). The van der Waals surface area contributed by atoms with Crippen LogP contribution in [0.15, 0.2) is 18.6 Å². The van der Waals surface area contributed by atoms with Crippen molar-refractivity contribution in [3.8, 4) is 0 Å². The number of ether oxygens (including phenoxy) is 1. The minimum absolute atomic E-state index is 0.0774. The number of nitrogens with zero attached hydrogens (tertiary/aromatic N) is 5. The summed E-state index contributed by atoms with van der Waals surface area (Å²) in [6.07, 6.45) is 5.69. The minimum Gasteiger partial charge on any atom is -0.373 e. The molecule has 0 spiro atoms. The van der Waals surface area contributed by atoms with Crippen molar-refractivity contribution in [3.63, 3.8) is 0 Å². The van der Waals surface area contributed by atoms with Gasteiger partial charge in [-0.2, -0.15) is 5.10 Å². The van der Waals surface area contributed by atoms with E-state index >= 15 is 0 Å². The number of morpholine rings is 1. The number of fused-ring (bicyclic) bond motifs is 1. The third-order valence-corrected chi connectivity index (χ3v) is 5.38. The number of carbonyl (C=O) groups excluding carboxylic acids is 1. The second kappa shape index (κ2) is 7.20. The topological polar surface area (TPSA) is 77.2 Å². The van der Waals surface area contributed by atoms with Crippen molar-refractivity contribution in [1.29, 1.82) is 0 Å². The van der Waals surface area contributed by atoms with Gasteiger partial charge in [-0.15, -0.1) is 0 Å². The molecular weight excluding hydrogens is 332 g/mol. The van der Waals surface area contributed by atoms with Crippen molar-refractivity contribution in [1.82, 2.24) is 29.5 Å². The van der Waals surface area contributed by atoms with Crippen LogP contribution in [0.25, 0.3) is 0 Å². The molecule has 8 nitrogen and oxygen atoms in total. The molecule has 8 heteroatoms. The molecule has 1 fully saturated rings. The van der Waals surface area contributed by atoms with Gasteiger partial charge in [-0.25, -0.2) is 4.98 Å². The van der Waals surface area contributed by atoms with E-state index in [1.807, 2.05) is 28.6 Å². The molecule has 1 amide bonds. The molecule has 2 aliphatic rings. The zero-order chi connectivity index (χ0) is 18.1. The number of hydrogen-bond donors (Lipinski definition) is 1. The SMILES string of the molecule is CCN1CCO[C@@H](CNC(=O)c2cc3n(n2)CCC3)[C@@H]1c1cncn1C. The summed E-state index contributed by atoms with van der Waals surface area (Å²) >= 11 is 0. The maximum Gasteiger partial charge on any atom is 0.271 e. The van der Waals surface area contributed by atoms with Gasteiger partial charge in [0.05, 0.1) is 30.8 Å². The summed E-state index contributed by atoms with van der Waals surface area (Å²) in [7, 11) is 1.99. The lowest BCUT2D eigenvalue weighted by molar-refractivity contribution is -0.0706. The zero-order valence-corrected chi connectivity index (χ0v) is 15.4. The molecule has 1 saturated heterocycles. The van der Waals surface area contributed by atoms with E-state index < -0.39 is 0 Å². The average Bonchev–Trinajstić information content (AvgIpc) is 3.35. The standard InChI is InChI=1S/C18H26N6O2/c1-3-23-7-8-26-16(17(23)15-10-19-12-22(15)2)11-20-18(25)14-9-13-5-4-6-24(13)21-14/h9-10,12,16-17H,3-8,11H2,1-2H3,(H,20,25)/t16-,17-/m0/s1. The van der Waals surface area contributed by atoms with Crippen molar-refractivity contribution in [2.24, 2.45) is 7.05 Å². The van der Waals surface area contributed by atoms with Gasteiger partial charge in [-0.3, -0.25) is 14.4 Å². The summed E-state index contributed by atoms with van der Waals surface area (Å²) in [5.41, 5.74) is 2.75. The molecule has 1 N–H and O–H groups in total. The molecule has 4 heterocycles. The minimum atomic E-state index is -0.132. The van der Waals surface area contributed by atoms with E-state index in [9.17, 15) is 4.79 Å². The number of carbonyl (C=O) groups is 1. The molecule has 0 unspecified atom stereocenters. The van der Waals surface area contributed by atoms with Crippen molar-refractivity contribution in [2.45, 2.75) is 38.5 Å². The molecule has 26 heavy (non-hydrogen) atoms. The van der Waals surface area contributed by atoms with Gasteiger partial charge in [0, 0.05) is 38.6 Å². The van der Waals surface area contributed by atoms with Gasteiger partial charge >= 0.3 is 0 Å². The summed E-state index contributed by atoms with van der Waals surface area (Å²) in [6, 6.07) is 1.98. The Morgan fingerprint density at radius 2 is 2.31 bits per heavy atom. The Labute approximate surface area is 153 Å². The van der Waals surface area contributed by atoms with Crippen LogP contribution in [0.3, 0.4) is 0 Å². The lowest BCUT2D eigenvalue weighted by Gasteiger charge is -2.40. The number of aromatic nitrogens is 4. The van der Waals surface area contributed by atoms with Gasteiger partial charge in [0.15, 0.2) is 0 Å². The smallest absolute Gasteiger partial charge is 0.271 e. The van der Waals surface area contributed by atoms with E-state index in [4.69, 9.17) is 4.74 Å². The van der Waals surface area contributed by atoms with Crippen LogP contribution in [0.4, 0.5) is 0 Å². The Kier molecular flexibility index (Phi) is 4.78. The number of amides is 1. The molecule has 2 aromatic rings. The average molecular weight is 358 g/mol. The lowest BCUT2D eigenvalue weighted by atomic mass is 10.0. The molecule has 2 aromatic heterocycles. The Morgan fingerprint density at radius 1 is 1.42 bits per heavy atom. The number of rotatable bonds is 5. The fraction of sp³-hybridized carbons (Fsp3) is 0.611. The van der Waals surface area contributed by atoms with Gasteiger partial charge in [0.2, 0.25) is 0 Å². The second-order valence-corrected chi connectivity index (χ2v) is 6.97. The highest BCUT2D eigenvalue weighted by Crippen LogP contribution is 2.28. The van der Waals surface area contributed by atoms with E-state index in [-0.39, 0.29) is 18.1 Å². The summed E-state index contributed by atoms with van der Waals surface area (Å²) in [6.45, 7) is 5.98. The van der Waals surface area contributed by atoms with Gasteiger partial charge in [-0.1, -0.05) is 6.92 Å². The number of hydrogen-bond acceptors (Lipinski definition) is 5. The van der Waals surface area contributed by atoms with E-state index in [0.717, 1.165) is 43.9 Å². The first-order chi connectivity index (χ1) is 12.7. The Hall–Kier alpha value is -2.19. The largest absolute Gasteiger partial charge is 0.373 e. The van der Waals surface area contributed by atoms with Crippen LogP contribution in [0.5, 0.6) is 0 Å². The van der Waals surface area contributed by atoms with Crippen LogP contribution in [-0.2, 0) is 24.8 Å². The second-order valence-electron chi connectivity index (χ2n) is 6.97. The van der Waals surface area contributed by atoms with E-state index in [0.29, 0.717) is 18.8 Å². The van der Waals surface area contributed by atoms with Crippen molar-refractivity contribution in [3.05, 3.63) is 35.7 Å².